The molecule has 2 heterocycles. The first kappa shape index (κ1) is 37.9. The van der Waals surface area contributed by atoms with Gasteiger partial charge in [0.15, 0.2) is 0 Å². The minimum absolute atomic E-state index is 0.113. The van der Waals surface area contributed by atoms with E-state index in [0.29, 0.717) is 48.6 Å². The lowest BCUT2D eigenvalue weighted by Gasteiger charge is -2.42. The van der Waals surface area contributed by atoms with Crippen molar-refractivity contribution in [2.24, 2.45) is 5.92 Å². The lowest BCUT2D eigenvalue weighted by Crippen LogP contribution is -2.59. The fourth-order valence-corrected chi connectivity index (χ4v) is 8.88. The Labute approximate surface area is 313 Å². The highest BCUT2D eigenvalue weighted by atomic mass is 35.5. The zero-order valence-corrected chi connectivity index (χ0v) is 31.9. The van der Waals surface area contributed by atoms with E-state index >= 15 is 0 Å². The Hall–Kier alpha value is -3.80. The monoisotopic (exact) mass is 751 g/mol. The predicted molar refractivity (Wildman–Crippen MR) is 201 cm³/mol. The Kier molecular flexibility index (Phi) is 12.0. The average Bonchev–Trinajstić information content (AvgIpc) is 3.14. The van der Waals surface area contributed by atoms with Crippen LogP contribution < -0.4 is 9.47 Å². The molecule has 2 saturated heterocycles. The molecule has 2 aliphatic heterocycles. The number of ether oxygens (including phenoxy) is 3. The summed E-state index contributed by atoms with van der Waals surface area (Å²) in [5.41, 5.74) is 1.40. The minimum Gasteiger partial charge on any atom is -0.493 e. The Morgan fingerprint density at radius 2 is 1.33 bits per heavy atom. The highest BCUT2D eigenvalue weighted by Gasteiger charge is 2.44. The maximum Gasteiger partial charge on any atom is 0.410 e. The first-order chi connectivity index (χ1) is 24.9. The quantitative estimate of drug-likeness (QED) is 0.221. The maximum absolute atomic E-state index is 14.3. The van der Waals surface area contributed by atoms with Crippen molar-refractivity contribution >= 4 is 33.6 Å². The van der Waals surface area contributed by atoms with Gasteiger partial charge in [-0.1, -0.05) is 55.1 Å². The summed E-state index contributed by atoms with van der Waals surface area (Å²) in [6.45, 7) is 7.31. The fraction of sp³-hybridized carbons (Fsp3) is 0.500. The third-order valence-electron chi connectivity index (χ3n) is 10.0. The highest BCUT2D eigenvalue weighted by Crippen LogP contribution is 2.32. The first-order valence-electron chi connectivity index (χ1n) is 18.4. The van der Waals surface area contributed by atoms with Gasteiger partial charge in [0.2, 0.25) is 15.9 Å². The molecule has 10 nitrogen and oxygen atoms in total. The van der Waals surface area contributed by atoms with Crippen LogP contribution in [0.25, 0.3) is 11.1 Å². The Bertz CT molecular complexity index is 1770. The number of carbonyl (C=O) groups excluding carboxylic acids is 2. The molecule has 52 heavy (non-hydrogen) atoms. The second kappa shape index (κ2) is 16.5. The zero-order valence-electron chi connectivity index (χ0n) is 30.3. The number of halogens is 1. The summed E-state index contributed by atoms with van der Waals surface area (Å²) in [4.78, 5) is 30.3. The molecule has 0 radical (unpaired) electrons. The number of sulfonamides is 1. The summed E-state index contributed by atoms with van der Waals surface area (Å²) in [6.07, 6.45) is 5.83. The van der Waals surface area contributed by atoms with Gasteiger partial charge in [0, 0.05) is 44.2 Å². The molecular weight excluding hydrogens is 702 g/mol. The lowest BCUT2D eigenvalue weighted by atomic mass is 9.90. The van der Waals surface area contributed by atoms with Crippen LogP contribution in [0.5, 0.6) is 11.5 Å². The molecule has 0 unspecified atom stereocenters. The molecule has 12 heteroatoms. The van der Waals surface area contributed by atoms with Gasteiger partial charge < -0.3 is 24.0 Å². The summed E-state index contributed by atoms with van der Waals surface area (Å²) >= 11 is 6.06. The molecule has 3 aromatic carbocycles. The maximum atomic E-state index is 14.3. The summed E-state index contributed by atoms with van der Waals surface area (Å²) in [7, 11) is -4.05. The number of carbonyl (C=O) groups is 2. The van der Waals surface area contributed by atoms with E-state index in [1.807, 2.05) is 69.3 Å². The van der Waals surface area contributed by atoms with Crippen LogP contribution in [0.3, 0.4) is 0 Å². The molecule has 0 N–H and O–H groups in total. The van der Waals surface area contributed by atoms with Gasteiger partial charge in [-0.15, -0.1) is 0 Å². The zero-order chi connectivity index (χ0) is 36.9. The highest BCUT2D eigenvalue weighted by molar-refractivity contribution is 7.89. The molecule has 3 aliphatic rings. The molecular formula is C40H50ClN3O7S. The summed E-state index contributed by atoms with van der Waals surface area (Å²) < 4.78 is 47.7. The SMILES string of the molecule is CC(C)(C)OC(=O)N1CCN(C(=O)[C@H]2C[C@@H](Oc3ccc(-c4ccc(Cl)cc4)cc3)CCN2S(=O)(=O)c2ccc(OCC3CCCCC3)cc2)CC1. The molecule has 1 aliphatic carbocycles. The molecule has 0 bridgehead atoms. The van der Waals surface area contributed by atoms with E-state index < -0.39 is 27.8 Å². The van der Waals surface area contributed by atoms with Crippen LogP contribution >= 0.6 is 11.6 Å². The molecule has 2 amide bonds. The van der Waals surface area contributed by atoms with Crippen LogP contribution in [0, 0.1) is 5.92 Å². The second-order valence-electron chi connectivity index (χ2n) is 15.0. The normalized spacial score (nSPS) is 20.7. The number of benzene rings is 3. The fourth-order valence-electron chi connectivity index (χ4n) is 7.15. The van der Waals surface area contributed by atoms with E-state index in [1.165, 1.54) is 23.6 Å². The summed E-state index contributed by atoms with van der Waals surface area (Å²) in [5, 5.41) is 0.668. The van der Waals surface area contributed by atoms with E-state index in [9.17, 15) is 18.0 Å². The number of rotatable bonds is 9. The molecule has 6 rings (SSSR count). The predicted octanol–water partition coefficient (Wildman–Crippen LogP) is 7.65. The van der Waals surface area contributed by atoms with Crippen LogP contribution in [0.4, 0.5) is 4.79 Å². The van der Waals surface area contributed by atoms with E-state index in [1.54, 1.807) is 34.1 Å². The van der Waals surface area contributed by atoms with Crippen molar-refractivity contribution in [3.63, 3.8) is 0 Å². The Morgan fingerprint density at radius 3 is 1.94 bits per heavy atom. The van der Waals surface area contributed by atoms with Crippen molar-refractivity contribution in [2.75, 3.05) is 39.3 Å². The summed E-state index contributed by atoms with van der Waals surface area (Å²) in [6, 6.07) is 20.9. The van der Waals surface area contributed by atoms with Gasteiger partial charge in [-0.05, 0) is 106 Å². The Morgan fingerprint density at radius 1 is 0.750 bits per heavy atom. The van der Waals surface area contributed by atoms with Gasteiger partial charge >= 0.3 is 6.09 Å². The molecule has 0 aromatic heterocycles. The Balaban J connectivity index is 1.16. The van der Waals surface area contributed by atoms with Crippen molar-refractivity contribution in [2.45, 2.75) is 88.4 Å². The van der Waals surface area contributed by atoms with Crippen molar-refractivity contribution in [1.82, 2.24) is 14.1 Å². The number of hydrogen-bond donors (Lipinski definition) is 0. The average molecular weight is 752 g/mol. The molecule has 1 saturated carbocycles. The standard InChI is InChI=1S/C40H50ClN3O7S/c1-40(2,3)51-39(46)43-25-23-42(24-26-43)38(45)37-27-35(50-34-15-11-31(12-16-34)30-9-13-32(41)14-10-30)21-22-44(37)52(47,48)36-19-17-33(18-20-36)49-28-29-7-5-4-6-8-29/h9-20,29,35,37H,4-8,21-28H2,1-3H3/t35-,37+/m0/s1. The van der Waals surface area contributed by atoms with Gasteiger partial charge in [-0.25, -0.2) is 13.2 Å². The van der Waals surface area contributed by atoms with E-state index in [4.69, 9.17) is 25.8 Å². The van der Waals surface area contributed by atoms with Crippen LogP contribution in [0.1, 0.15) is 65.7 Å². The van der Waals surface area contributed by atoms with Crippen LogP contribution in [-0.2, 0) is 19.6 Å². The third kappa shape index (κ3) is 9.59. The molecule has 2 atom stereocenters. The molecule has 0 spiro atoms. The third-order valence-corrected chi connectivity index (χ3v) is 12.2. The van der Waals surface area contributed by atoms with Gasteiger partial charge in [-0.3, -0.25) is 4.79 Å². The smallest absolute Gasteiger partial charge is 0.410 e. The van der Waals surface area contributed by atoms with Crippen molar-refractivity contribution in [3.8, 4) is 22.6 Å². The van der Waals surface area contributed by atoms with E-state index in [0.717, 1.165) is 24.0 Å². The van der Waals surface area contributed by atoms with Crippen molar-refractivity contribution < 1.29 is 32.2 Å². The number of piperidine rings is 1. The van der Waals surface area contributed by atoms with Gasteiger partial charge in [0.25, 0.3) is 0 Å². The van der Waals surface area contributed by atoms with E-state index in [-0.39, 0.29) is 43.0 Å². The van der Waals surface area contributed by atoms with Crippen molar-refractivity contribution in [3.05, 3.63) is 77.8 Å². The van der Waals surface area contributed by atoms with E-state index in [2.05, 4.69) is 0 Å². The lowest BCUT2D eigenvalue weighted by molar-refractivity contribution is -0.139. The summed E-state index contributed by atoms with van der Waals surface area (Å²) in [5.74, 6) is 1.50. The minimum atomic E-state index is -4.05. The molecule has 3 fully saturated rings. The second-order valence-corrected chi connectivity index (χ2v) is 17.3. The number of nitrogens with zero attached hydrogens (tertiary/aromatic N) is 3. The van der Waals surface area contributed by atoms with Crippen LogP contribution in [0.15, 0.2) is 77.7 Å². The van der Waals surface area contributed by atoms with Crippen LogP contribution in [-0.4, -0.2) is 91.6 Å². The molecule has 280 valence electrons. The molecule has 3 aromatic rings. The first-order valence-corrected chi connectivity index (χ1v) is 20.2. The van der Waals surface area contributed by atoms with Gasteiger partial charge in [0.1, 0.15) is 29.2 Å². The van der Waals surface area contributed by atoms with Gasteiger partial charge in [-0.2, -0.15) is 4.31 Å². The number of hydrogen-bond acceptors (Lipinski definition) is 7. The largest absolute Gasteiger partial charge is 0.493 e. The van der Waals surface area contributed by atoms with Crippen LogP contribution in [0.2, 0.25) is 5.02 Å². The topological polar surface area (TPSA) is 106 Å². The van der Waals surface area contributed by atoms with Crippen molar-refractivity contribution in [1.29, 1.82) is 0 Å². The number of piperazine rings is 1. The van der Waals surface area contributed by atoms with Gasteiger partial charge in [0.05, 0.1) is 11.5 Å². The number of amides is 2.